The number of carboxylic acids is 1. The van der Waals surface area contributed by atoms with Crippen LogP contribution in [0.1, 0.15) is 5.82 Å². The Kier molecular flexibility index (Phi) is 3.61. The molecule has 1 N–H and O–H groups in total. The van der Waals surface area contributed by atoms with Crippen LogP contribution in [0.25, 0.3) is 0 Å². The van der Waals surface area contributed by atoms with Gasteiger partial charge in [-0.05, 0) is 29.5 Å². The van der Waals surface area contributed by atoms with E-state index >= 15 is 0 Å². The number of rotatable bonds is 3. The summed E-state index contributed by atoms with van der Waals surface area (Å²) in [6.45, 7) is 4.98. The third-order valence-electron chi connectivity index (χ3n) is 1.86. The number of carboxylic acid groups (broad SMARTS) is 1. The summed E-state index contributed by atoms with van der Waals surface area (Å²) in [4.78, 5) is 26.2. The molecule has 6 heteroatoms. The van der Waals surface area contributed by atoms with Gasteiger partial charge in [0.25, 0.3) is 5.56 Å². The van der Waals surface area contributed by atoms with Gasteiger partial charge in [0.1, 0.15) is 5.82 Å². The molecule has 80 valence electrons. The van der Waals surface area contributed by atoms with Gasteiger partial charge in [0.05, 0.1) is 10.1 Å². The molecular weight excluding hydrogens is 311 g/mol. The minimum Gasteiger partial charge on any atom is -0.478 e. The second-order valence-electron chi connectivity index (χ2n) is 2.95. The average Bonchev–Trinajstić information content (AvgIpc) is 2.18. The van der Waals surface area contributed by atoms with Crippen molar-refractivity contribution in [2.45, 2.75) is 13.5 Å². The number of carbonyl (C=O) groups is 1. The van der Waals surface area contributed by atoms with Crippen LogP contribution in [0.2, 0.25) is 0 Å². The van der Waals surface area contributed by atoms with Crippen molar-refractivity contribution in [3.05, 3.63) is 38.1 Å². The normalized spacial score (nSPS) is 10.0. The molecule has 0 aliphatic rings. The summed E-state index contributed by atoms with van der Waals surface area (Å²) in [7, 11) is 0. The molecule has 1 rings (SSSR count). The first-order valence-electron chi connectivity index (χ1n) is 4.06. The third kappa shape index (κ3) is 2.65. The molecule has 0 amide bonds. The maximum absolute atomic E-state index is 11.6. The largest absolute Gasteiger partial charge is 0.478 e. The maximum atomic E-state index is 11.6. The van der Waals surface area contributed by atoms with Crippen LogP contribution in [0.3, 0.4) is 0 Å². The zero-order chi connectivity index (χ0) is 11.6. The maximum Gasteiger partial charge on any atom is 0.332 e. The van der Waals surface area contributed by atoms with Crippen molar-refractivity contribution in [2.24, 2.45) is 0 Å². The van der Waals surface area contributed by atoms with E-state index in [2.05, 4.69) is 11.6 Å². The number of aromatic nitrogens is 2. The first kappa shape index (κ1) is 11.9. The molecule has 0 spiro atoms. The first-order valence-corrected chi connectivity index (χ1v) is 5.14. The van der Waals surface area contributed by atoms with Crippen molar-refractivity contribution in [2.75, 3.05) is 0 Å². The van der Waals surface area contributed by atoms with Crippen LogP contribution in [0.4, 0.5) is 0 Å². The number of hydrogen-bond acceptors (Lipinski definition) is 3. The highest BCUT2D eigenvalue weighted by Gasteiger charge is 2.10. The molecular formula is C9H9IN2O3. The zero-order valence-corrected chi connectivity index (χ0v) is 10.2. The Labute approximate surface area is 99.6 Å². The summed E-state index contributed by atoms with van der Waals surface area (Å²) in [5.74, 6) is -0.636. The first-order chi connectivity index (χ1) is 6.93. The van der Waals surface area contributed by atoms with Gasteiger partial charge in [-0.25, -0.2) is 9.78 Å². The predicted molar refractivity (Wildman–Crippen MR) is 62.7 cm³/mol. The van der Waals surface area contributed by atoms with Gasteiger partial charge in [0, 0.05) is 11.8 Å². The molecule has 0 aromatic carbocycles. The van der Waals surface area contributed by atoms with Crippen molar-refractivity contribution < 1.29 is 9.90 Å². The fourth-order valence-electron chi connectivity index (χ4n) is 0.996. The molecule has 15 heavy (non-hydrogen) atoms. The SMILES string of the molecule is C=C(Cn1c(C)ncc(I)c1=O)C(=O)O. The molecule has 0 fully saturated rings. The lowest BCUT2D eigenvalue weighted by atomic mass is 10.3. The van der Waals surface area contributed by atoms with Gasteiger partial charge < -0.3 is 5.11 Å². The summed E-state index contributed by atoms with van der Waals surface area (Å²) in [5, 5.41) is 8.66. The smallest absolute Gasteiger partial charge is 0.332 e. The fraction of sp³-hybridized carbons (Fsp3) is 0.222. The molecule has 0 bridgehead atoms. The summed E-state index contributed by atoms with van der Waals surface area (Å²) in [5.41, 5.74) is -0.283. The third-order valence-corrected chi connectivity index (χ3v) is 2.60. The predicted octanol–water partition coefficient (Wildman–Crippen LogP) is 0.797. The number of halogens is 1. The van der Waals surface area contributed by atoms with E-state index in [1.807, 2.05) is 22.6 Å². The van der Waals surface area contributed by atoms with Gasteiger partial charge in [-0.1, -0.05) is 6.58 Å². The van der Waals surface area contributed by atoms with Gasteiger partial charge in [0.2, 0.25) is 0 Å². The lowest BCUT2D eigenvalue weighted by molar-refractivity contribution is -0.132. The van der Waals surface area contributed by atoms with Crippen LogP contribution < -0.4 is 5.56 Å². The standard InChI is InChI=1S/C9H9IN2O3/c1-5(9(14)15)4-12-6(2)11-3-7(10)8(12)13/h3H,1,4H2,2H3,(H,14,15). The second-order valence-corrected chi connectivity index (χ2v) is 4.12. The Hall–Kier alpha value is -1.18. The highest BCUT2D eigenvalue weighted by molar-refractivity contribution is 14.1. The number of aliphatic carboxylic acids is 1. The van der Waals surface area contributed by atoms with Crippen molar-refractivity contribution in [1.29, 1.82) is 0 Å². The van der Waals surface area contributed by atoms with E-state index in [0.29, 0.717) is 9.39 Å². The van der Waals surface area contributed by atoms with Crippen LogP contribution in [0.5, 0.6) is 0 Å². The minimum atomic E-state index is -1.11. The van der Waals surface area contributed by atoms with Crippen molar-refractivity contribution >= 4 is 28.6 Å². The minimum absolute atomic E-state index is 0.0379. The van der Waals surface area contributed by atoms with Gasteiger partial charge in [0.15, 0.2) is 0 Å². The Morgan fingerprint density at radius 1 is 1.73 bits per heavy atom. The van der Waals surface area contributed by atoms with E-state index < -0.39 is 5.97 Å². The molecule has 0 saturated heterocycles. The van der Waals surface area contributed by atoms with Crippen molar-refractivity contribution in [3.8, 4) is 0 Å². The lowest BCUT2D eigenvalue weighted by Crippen LogP contribution is -2.27. The summed E-state index contributed by atoms with van der Waals surface area (Å²) < 4.78 is 1.74. The molecule has 0 atom stereocenters. The Balaban J connectivity index is 3.15. The Morgan fingerprint density at radius 3 is 2.87 bits per heavy atom. The van der Waals surface area contributed by atoms with E-state index in [9.17, 15) is 9.59 Å². The van der Waals surface area contributed by atoms with Crippen LogP contribution in [-0.4, -0.2) is 20.6 Å². The Bertz CT molecular complexity index is 479. The van der Waals surface area contributed by atoms with Crippen LogP contribution >= 0.6 is 22.6 Å². The monoisotopic (exact) mass is 320 g/mol. The highest BCUT2D eigenvalue weighted by Crippen LogP contribution is 2.01. The summed E-state index contributed by atoms with van der Waals surface area (Å²) in [6.07, 6.45) is 1.46. The summed E-state index contributed by atoms with van der Waals surface area (Å²) in [6, 6.07) is 0. The molecule has 1 aromatic heterocycles. The van der Waals surface area contributed by atoms with Gasteiger partial charge >= 0.3 is 5.97 Å². The van der Waals surface area contributed by atoms with E-state index in [4.69, 9.17) is 5.11 Å². The Morgan fingerprint density at radius 2 is 2.33 bits per heavy atom. The quantitative estimate of drug-likeness (QED) is 0.660. The van der Waals surface area contributed by atoms with Crippen molar-refractivity contribution in [1.82, 2.24) is 9.55 Å². The second kappa shape index (κ2) is 4.56. The van der Waals surface area contributed by atoms with Gasteiger partial charge in [-0.3, -0.25) is 9.36 Å². The number of hydrogen-bond donors (Lipinski definition) is 1. The molecule has 1 aromatic rings. The molecule has 0 aliphatic carbocycles. The van der Waals surface area contributed by atoms with Crippen molar-refractivity contribution in [3.63, 3.8) is 0 Å². The average molecular weight is 320 g/mol. The van der Waals surface area contributed by atoms with Crippen LogP contribution in [-0.2, 0) is 11.3 Å². The molecule has 5 nitrogen and oxygen atoms in total. The molecule has 0 radical (unpaired) electrons. The van der Waals surface area contributed by atoms with E-state index in [1.165, 1.54) is 10.8 Å². The lowest BCUT2D eigenvalue weighted by Gasteiger charge is -2.08. The van der Waals surface area contributed by atoms with Crippen LogP contribution in [0, 0.1) is 10.5 Å². The van der Waals surface area contributed by atoms with E-state index in [0.717, 1.165) is 0 Å². The van der Waals surface area contributed by atoms with Gasteiger partial charge in [-0.15, -0.1) is 0 Å². The van der Waals surface area contributed by atoms with Gasteiger partial charge in [-0.2, -0.15) is 0 Å². The molecule has 1 heterocycles. The highest BCUT2D eigenvalue weighted by atomic mass is 127. The number of nitrogens with zero attached hydrogens (tertiary/aromatic N) is 2. The van der Waals surface area contributed by atoms with E-state index in [-0.39, 0.29) is 17.7 Å². The topological polar surface area (TPSA) is 72.2 Å². The van der Waals surface area contributed by atoms with Crippen LogP contribution in [0.15, 0.2) is 23.1 Å². The summed E-state index contributed by atoms with van der Waals surface area (Å²) >= 11 is 1.86. The van der Waals surface area contributed by atoms with E-state index in [1.54, 1.807) is 6.92 Å². The molecule has 0 aliphatic heterocycles. The zero-order valence-electron chi connectivity index (χ0n) is 8.03. The molecule has 0 unspecified atom stereocenters. The molecule has 0 saturated carbocycles. The fourth-order valence-corrected chi connectivity index (χ4v) is 1.43. The number of aryl methyl sites for hydroxylation is 1.